The first-order valence-corrected chi connectivity index (χ1v) is 8.28. The van der Waals surface area contributed by atoms with Gasteiger partial charge in [0.1, 0.15) is 5.82 Å². The maximum Gasteiger partial charge on any atom is 0.416 e. The molecule has 0 amide bonds. The van der Waals surface area contributed by atoms with E-state index in [4.69, 9.17) is 11.6 Å². The normalized spacial score (nSPS) is 11.6. The quantitative estimate of drug-likeness (QED) is 0.440. The molecular formula is C19H13ClF4N2O. The molecule has 1 heterocycles. The lowest BCUT2D eigenvalue weighted by Crippen LogP contribution is -2.13. The average Bonchev–Trinajstić information content (AvgIpc) is 3.03. The number of hydrogen-bond donors (Lipinski definition) is 0. The van der Waals surface area contributed by atoms with E-state index in [-0.39, 0.29) is 29.1 Å². The fourth-order valence-corrected chi connectivity index (χ4v) is 2.91. The Kier molecular flexibility index (Phi) is 5.32. The average molecular weight is 397 g/mol. The summed E-state index contributed by atoms with van der Waals surface area (Å²) in [6, 6.07) is 10.6. The number of Topliss-reactive ketones (excluding diaryl/α,β-unsaturated/α-hetero) is 1. The van der Waals surface area contributed by atoms with Gasteiger partial charge in [-0.2, -0.15) is 18.3 Å². The van der Waals surface area contributed by atoms with Gasteiger partial charge in [0, 0.05) is 16.8 Å². The number of rotatable bonds is 5. The number of alkyl halides is 3. The minimum atomic E-state index is -4.54. The van der Waals surface area contributed by atoms with Crippen molar-refractivity contribution in [2.45, 2.75) is 19.1 Å². The van der Waals surface area contributed by atoms with Crippen LogP contribution in [0.25, 0.3) is 0 Å². The minimum Gasteiger partial charge on any atom is -0.294 e. The zero-order chi connectivity index (χ0) is 19.6. The highest BCUT2D eigenvalue weighted by atomic mass is 35.5. The summed E-state index contributed by atoms with van der Waals surface area (Å²) in [7, 11) is 0. The third-order valence-corrected chi connectivity index (χ3v) is 4.31. The highest BCUT2D eigenvalue weighted by molar-refractivity contribution is 6.31. The summed E-state index contributed by atoms with van der Waals surface area (Å²) < 4.78 is 54.4. The van der Waals surface area contributed by atoms with E-state index < -0.39 is 23.3 Å². The number of hydrogen-bond acceptors (Lipinski definition) is 2. The molecule has 0 saturated heterocycles. The molecule has 0 fully saturated rings. The van der Waals surface area contributed by atoms with Crippen LogP contribution in [0.3, 0.4) is 0 Å². The predicted octanol–water partition coefficient (Wildman–Crippen LogP) is 5.17. The van der Waals surface area contributed by atoms with Crippen molar-refractivity contribution in [3.8, 4) is 0 Å². The summed E-state index contributed by atoms with van der Waals surface area (Å²) >= 11 is 5.94. The zero-order valence-electron chi connectivity index (χ0n) is 13.8. The Bertz CT molecular complexity index is 982. The molecule has 0 atom stereocenters. The smallest absolute Gasteiger partial charge is 0.294 e. The molecule has 0 aliphatic rings. The lowest BCUT2D eigenvalue weighted by Gasteiger charge is -2.14. The molecule has 0 unspecified atom stereocenters. The summed E-state index contributed by atoms with van der Waals surface area (Å²) in [6.45, 7) is -0.206. The highest BCUT2D eigenvalue weighted by Crippen LogP contribution is 2.35. The van der Waals surface area contributed by atoms with Crippen molar-refractivity contribution in [2.24, 2.45) is 0 Å². The minimum absolute atomic E-state index is 0.0238. The first-order chi connectivity index (χ1) is 12.8. The maximum atomic E-state index is 13.7. The van der Waals surface area contributed by atoms with Gasteiger partial charge in [0.25, 0.3) is 0 Å². The van der Waals surface area contributed by atoms with Gasteiger partial charge in [-0.05, 0) is 30.3 Å². The van der Waals surface area contributed by atoms with Gasteiger partial charge < -0.3 is 0 Å². The van der Waals surface area contributed by atoms with E-state index in [1.807, 2.05) is 0 Å². The molecule has 27 heavy (non-hydrogen) atoms. The van der Waals surface area contributed by atoms with Crippen LogP contribution in [0.2, 0.25) is 5.02 Å². The van der Waals surface area contributed by atoms with Crippen LogP contribution >= 0.6 is 11.6 Å². The Hall–Kier alpha value is -2.67. The molecule has 140 valence electrons. The number of halogens is 5. The Labute approximate surface area is 157 Å². The topological polar surface area (TPSA) is 34.9 Å². The molecule has 3 nitrogen and oxygen atoms in total. The lowest BCUT2D eigenvalue weighted by atomic mass is 10.1. The molecule has 2 aromatic carbocycles. The standard InChI is InChI=1S/C19H13ClF4N2O/c20-16-6-3-5-15(19(22,23)24)14(16)11-26-9-8-12(25-26)10-18(27)13-4-1-2-7-17(13)21/h1-9H,10-11H2. The molecule has 0 aliphatic carbocycles. The first-order valence-electron chi connectivity index (χ1n) is 7.90. The van der Waals surface area contributed by atoms with Gasteiger partial charge in [-0.3, -0.25) is 9.48 Å². The van der Waals surface area contributed by atoms with Crippen molar-refractivity contribution < 1.29 is 22.4 Å². The molecule has 0 aliphatic heterocycles. The van der Waals surface area contributed by atoms with Crippen LogP contribution in [0, 0.1) is 5.82 Å². The van der Waals surface area contributed by atoms with Gasteiger partial charge in [0.05, 0.1) is 29.8 Å². The molecule has 3 aromatic rings. The van der Waals surface area contributed by atoms with Crippen LogP contribution in [-0.4, -0.2) is 15.6 Å². The number of carbonyl (C=O) groups excluding carboxylic acids is 1. The fraction of sp³-hybridized carbons (Fsp3) is 0.158. The van der Waals surface area contributed by atoms with Crippen LogP contribution in [0.15, 0.2) is 54.7 Å². The second-order valence-electron chi connectivity index (χ2n) is 5.85. The number of carbonyl (C=O) groups is 1. The SMILES string of the molecule is O=C(Cc1ccn(Cc2c(Cl)cccc2C(F)(F)F)n1)c1ccccc1F. The third kappa shape index (κ3) is 4.36. The molecule has 0 bridgehead atoms. The van der Waals surface area contributed by atoms with Gasteiger partial charge in [-0.25, -0.2) is 4.39 Å². The van der Waals surface area contributed by atoms with Crippen molar-refractivity contribution in [3.05, 3.63) is 88.0 Å². The zero-order valence-corrected chi connectivity index (χ0v) is 14.6. The van der Waals surface area contributed by atoms with Crippen LogP contribution in [-0.2, 0) is 19.1 Å². The molecule has 0 N–H and O–H groups in total. The lowest BCUT2D eigenvalue weighted by molar-refractivity contribution is -0.138. The summed E-state index contributed by atoms with van der Waals surface area (Å²) in [4.78, 5) is 12.2. The van der Waals surface area contributed by atoms with Crippen molar-refractivity contribution in [3.63, 3.8) is 0 Å². The molecule has 0 saturated carbocycles. The van der Waals surface area contributed by atoms with Crippen molar-refractivity contribution in [1.29, 1.82) is 0 Å². The van der Waals surface area contributed by atoms with Crippen molar-refractivity contribution in [1.82, 2.24) is 9.78 Å². The number of benzene rings is 2. The second kappa shape index (κ2) is 7.52. The van der Waals surface area contributed by atoms with Crippen LogP contribution in [0.1, 0.15) is 27.2 Å². The second-order valence-corrected chi connectivity index (χ2v) is 6.26. The molecule has 0 radical (unpaired) electrons. The van der Waals surface area contributed by atoms with Gasteiger partial charge in [0.2, 0.25) is 0 Å². The highest BCUT2D eigenvalue weighted by Gasteiger charge is 2.34. The van der Waals surface area contributed by atoms with Crippen LogP contribution in [0.4, 0.5) is 17.6 Å². The number of nitrogens with zero attached hydrogens (tertiary/aromatic N) is 2. The molecule has 3 rings (SSSR count). The maximum absolute atomic E-state index is 13.7. The molecule has 1 aromatic heterocycles. The summed E-state index contributed by atoms with van der Waals surface area (Å²) in [5.41, 5.74) is -0.683. The monoisotopic (exact) mass is 396 g/mol. The van der Waals surface area contributed by atoms with Gasteiger partial charge >= 0.3 is 6.18 Å². The Morgan fingerprint density at radius 2 is 1.81 bits per heavy atom. The predicted molar refractivity (Wildman–Crippen MR) is 92.2 cm³/mol. The first kappa shape index (κ1) is 19.1. The third-order valence-electron chi connectivity index (χ3n) is 3.96. The van der Waals surface area contributed by atoms with E-state index in [1.165, 1.54) is 47.3 Å². The van der Waals surface area contributed by atoms with Crippen molar-refractivity contribution in [2.75, 3.05) is 0 Å². The van der Waals surface area contributed by atoms with E-state index >= 15 is 0 Å². The van der Waals surface area contributed by atoms with Gasteiger partial charge in [-0.15, -0.1) is 0 Å². The molecular weight excluding hydrogens is 384 g/mol. The molecule has 8 heteroatoms. The molecule has 0 spiro atoms. The van der Waals surface area contributed by atoms with Crippen LogP contribution in [0.5, 0.6) is 0 Å². The van der Waals surface area contributed by atoms with E-state index in [0.29, 0.717) is 5.69 Å². The summed E-state index contributed by atoms with van der Waals surface area (Å²) in [5.74, 6) is -1.10. The van der Waals surface area contributed by atoms with Gasteiger partial charge in [-0.1, -0.05) is 29.8 Å². The van der Waals surface area contributed by atoms with E-state index in [2.05, 4.69) is 5.10 Å². The van der Waals surface area contributed by atoms with E-state index in [9.17, 15) is 22.4 Å². The van der Waals surface area contributed by atoms with E-state index in [0.717, 1.165) is 6.07 Å². The Balaban J connectivity index is 1.80. The Morgan fingerprint density at radius 3 is 2.52 bits per heavy atom. The van der Waals surface area contributed by atoms with E-state index in [1.54, 1.807) is 6.07 Å². The van der Waals surface area contributed by atoms with Crippen molar-refractivity contribution >= 4 is 17.4 Å². The summed E-state index contributed by atoms with van der Waals surface area (Å²) in [5, 5.41) is 4.09. The van der Waals surface area contributed by atoms with Crippen LogP contribution < -0.4 is 0 Å². The summed E-state index contributed by atoms with van der Waals surface area (Å²) in [6.07, 6.45) is -3.26. The Morgan fingerprint density at radius 1 is 1.07 bits per heavy atom. The number of ketones is 1. The number of aromatic nitrogens is 2. The largest absolute Gasteiger partial charge is 0.416 e. The van der Waals surface area contributed by atoms with Gasteiger partial charge in [0.15, 0.2) is 5.78 Å². The fourth-order valence-electron chi connectivity index (χ4n) is 2.68.